The predicted molar refractivity (Wildman–Crippen MR) is 101 cm³/mol. The molecule has 1 N–H and O–H groups in total. The van der Waals surface area contributed by atoms with Crippen LogP contribution in [0.15, 0.2) is 18.2 Å². The molecule has 0 spiro atoms. The molecule has 2 aliphatic carbocycles. The third-order valence-electron chi connectivity index (χ3n) is 5.44. The van der Waals surface area contributed by atoms with E-state index in [9.17, 15) is 18.8 Å². The molecule has 4 rings (SSSR count). The highest BCUT2D eigenvalue weighted by molar-refractivity contribution is 7.15. The average Bonchev–Trinajstić information content (AvgIpc) is 3.35. The van der Waals surface area contributed by atoms with Gasteiger partial charge < -0.3 is 0 Å². The highest BCUT2D eigenvalue weighted by atomic mass is 32.1. The first kappa shape index (κ1) is 19.4. The van der Waals surface area contributed by atoms with E-state index in [1.54, 1.807) is 6.07 Å². The van der Waals surface area contributed by atoms with E-state index in [1.165, 1.54) is 23.5 Å². The van der Waals surface area contributed by atoms with Crippen LogP contribution < -0.4 is 5.32 Å². The fourth-order valence-electron chi connectivity index (χ4n) is 3.82. The van der Waals surface area contributed by atoms with Gasteiger partial charge in [-0.25, -0.2) is 8.78 Å². The van der Waals surface area contributed by atoms with Crippen molar-refractivity contribution < 1.29 is 13.6 Å². The number of hydrogen-bond acceptors (Lipinski definition) is 6. The van der Waals surface area contributed by atoms with Gasteiger partial charge in [-0.05, 0) is 42.9 Å². The monoisotopic (exact) mass is 413 g/mol. The Bertz CT molecular complexity index is 1030. The molecule has 6 nitrogen and oxygen atoms in total. The number of amides is 1. The number of halogens is 2. The van der Waals surface area contributed by atoms with E-state index in [-0.39, 0.29) is 24.0 Å². The van der Waals surface area contributed by atoms with Crippen molar-refractivity contribution in [2.75, 3.05) is 5.32 Å². The number of benzene rings is 1. The largest absolute Gasteiger partial charge is 0.300 e. The molecule has 9 heteroatoms. The van der Waals surface area contributed by atoms with Gasteiger partial charge in [0, 0.05) is 18.8 Å². The molecule has 2 aliphatic rings. The Morgan fingerprint density at radius 3 is 2.59 bits per heavy atom. The van der Waals surface area contributed by atoms with Crippen LogP contribution in [0.4, 0.5) is 13.9 Å². The zero-order chi connectivity index (χ0) is 20.6. The van der Waals surface area contributed by atoms with E-state index in [0.717, 1.165) is 17.8 Å². The minimum atomic E-state index is -2.81. The van der Waals surface area contributed by atoms with Gasteiger partial charge in [0.15, 0.2) is 0 Å². The first-order chi connectivity index (χ1) is 13.9. The van der Waals surface area contributed by atoms with Crippen LogP contribution in [0.5, 0.6) is 0 Å². The number of nitrogens with one attached hydrogen (secondary N) is 1. The third-order valence-corrected chi connectivity index (χ3v) is 6.44. The Hall–Kier alpha value is -2.91. The summed E-state index contributed by atoms with van der Waals surface area (Å²) in [6.45, 7) is 0. The Balaban J connectivity index is 1.63. The third kappa shape index (κ3) is 4.10. The number of rotatable bonds is 5. The summed E-state index contributed by atoms with van der Waals surface area (Å²) in [5.41, 5.74) is 0.762. The summed E-state index contributed by atoms with van der Waals surface area (Å²) in [6, 6.07) is 8.34. The summed E-state index contributed by atoms with van der Waals surface area (Å²) in [7, 11) is 0. The SMILES string of the molecule is N#Cc1ccc(C(C(=O)Nc2nnc(C3CC3)s2)C2CCC(F)(F)C2)cc1C#N. The highest BCUT2D eigenvalue weighted by Gasteiger charge is 2.45. The second-order valence-corrected chi connectivity index (χ2v) is 8.58. The molecule has 1 aromatic heterocycles. The number of alkyl halides is 2. The van der Waals surface area contributed by atoms with Crippen LogP contribution in [0, 0.1) is 28.6 Å². The van der Waals surface area contributed by atoms with E-state index < -0.39 is 30.1 Å². The summed E-state index contributed by atoms with van der Waals surface area (Å²) in [5, 5.41) is 30.5. The van der Waals surface area contributed by atoms with Gasteiger partial charge in [-0.1, -0.05) is 17.4 Å². The fraction of sp³-hybridized carbons (Fsp3) is 0.450. The predicted octanol–water partition coefficient (Wildman–Crippen LogP) is 4.32. The molecule has 2 atom stereocenters. The molecule has 2 aromatic rings. The van der Waals surface area contributed by atoms with Crippen LogP contribution in [-0.4, -0.2) is 22.0 Å². The molecule has 2 saturated carbocycles. The smallest absolute Gasteiger partial charge is 0.248 e. The van der Waals surface area contributed by atoms with Gasteiger partial charge in [-0.15, -0.1) is 10.2 Å². The lowest BCUT2D eigenvalue weighted by atomic mass is 9.83. The number of hydrogen-bond donors (Lipinski definition) is 1. The van der Waals surface area contributed by atoms with Crippen LogP contribution >= 0.6 is 11.3 Å². The van der Waals surface area contributed by atoms with E-state index in [1.807, 2.05) is 12.1 Å². The zero-order valence-electron chi connectivity index (χ0n) is 15.4. The number of aromatic nitrogens is 2. The summed E-state index contributed by atoms with van der Waals surface area (Å²) in [6.07, 6.45) is 1.66. The number of nitrogens with zero attached hydrogens (tertiary/aromatic N) is 4. The maximum Gasteiger partial charge on any atom is 0.248 e. The second-order valence-electron chi connectivity index (χ2n) is 7.57. The summed E-state index contributed by atoms with van der Waals surface area (Å²) < 4.78 is 27.8. The van der Waals surface area contributed by atoms with E-state index in [4.69, 9.17) is 5.26 Å². The normalized spacial score (nSPS) is 21.2. The van der Waals surface area contributed by atoms with Crippen molar-refractivity contribution in [3.8, 4) is 12.1 Å². The van der Waals surface area contributed by atoms with Gasteiger partial charge in [0.2, 0.25) is 17.0 Å². The molecular weight excluding hydrogens is 396 g/mol. The Morgan fingerprint density at radius 1 is 1.21 bits per heavy atom. The van der Waals surface area contributed by atoms with Gasteiger partial charge in [0.1, 0.15) is 17.1 Å². The molecule has 1 aromatic carbocycles. The molecule has 0 bridgehead atoms. The van der Waals surface area contributed by atoms with Crippen LogP contribution in [0.1, 0.15) is 65.6 Å². The van der Waals surface area contributed by atoms with Crippen LogP contribution in [0.3, 0.4) is 0 Å². The van der Waals surface area contributed by atoms with Crippen molar-refractivity contribution in [2.24, 2.45) is 5.92 Å². The molecule has 2 unspecified atom stereocenters. The first-order valence-corrected chi connectivity index (χ1v) is 10.2. The van der Waals surface area contributed by atoms with Crippen molar-refractivity contribution in [3.05, 3.63) is 39.9 Å². The lowest BCUT2D eigenvalue weighted by molar-refractivity contribution is -0.118. The van der Waals surface area contributed by atoms with Crippen LogP contribution in [-0.2, 0) is 4.79 Å². The van der Waals surface area contributed by atoms with Crippen LogP contribution in [0.2, 0.25) is 0 Å². The van der Waals surface area contributed by atoms with Crippen LogP contribution in [0.25, 0.3) is 0 Å². The van der Waals surface area contributed by atoms with E-state index in [0.29, 0.717) is 16.6 Å². The molecular formula is C20H17F2N5OS. The highest BCUT2D eigenvalue weighted by Crippen LogP contribution is 2.46. The van der Waals surface area contributed by atoms with Crippen molar-refractivity contribution in [3.63, 3.8) is 0 Å². The summed E-state index contributed by atoms with van der Waals surface area (Å²) in [5.74, 6) is -4.29. The molecule has 1 heterocycles. The Morgan fingerprint density at radius 2 is 1.97 bits per heavy atom. The number of nitriles is 2. The second kappa shape index (κ2) is 7.49. The number of carbonyl (C=O) groups is 1. The first-order valence-electron chi connectivity index (χ1n) is 9.36. The standard InChI is InChI=1S/C20H17F2N5OS/c21-20(22)6-5-13(8-20)16(12-3-4-14(9-23)15(7-12)10-24)17(28)25-19-27-26-18(29-19)11-1-2-11/h3-4,7,11,13,16H,1-2,5-6,8H2,(H,25,27,28). The van der Waals surface area contributed by atoms with Gasteiger partial charge in [-0.3, -0.25) is 10.1 Å². The fourth-order valence-corrected chi connectivity index (χ4v) is 4.73. The zero-order valence-corrected chi connectivity index (χ0v) is 16.2. The number of anilines is 1. The quantitative estimate of drug-likeness (QED) is 0.786. The Kier molecular flexibility index (Phi) is 5.01. The van der Waals surface area contributed by atoms with Gasteiger partial charge in [0.05, 0.1) is 17.0 Å². The molecule has 1 amide bonds. The molecule has 29 heavy (non-hydrogen) atoms. The van der Waals surface area contributed by atoms with Gasteiger partial charge in [0.25, 0.3) is 0 Å². The molecule has 2 fully saturated rings. The topological polar surface area (TPSA) is 102 Å². The molecule has 0 saturated heterocycles. The van der Waals surface area contributed by atoms with Crippen molar-refractivity contribution in [1.29, 1.82) is 10.5 Å². The lowest BCUT2D eigenvalue weighted by Crippen LogP contribution is -2.27. The van der Waals surface area contributed by atoms with Gasteiger partial charge >= 0.3 is 0 Å². The van der Waals surface area contributed by atoms with E-state index >= 15 is 0 Å². The van der Waals surface area contributed by atoms with Crippen molar-refractivity contribution in [1.82, 2.24) is 10.2 Å². The van der Waals surface area contributed by atoms with Gasteiger partial charge in [-0.2, -0.15) is 10.5 Å². The minimum Gasteiger partial charge on any atom is -0.300 e. The maximum absolute atomic E-state index is 13.9. The molecule has 0 radical (unpaired) electrons. The van der Waals surface area contributed by atoms with E-state index in [2.05, 4.69) is 15.5 Å². The molecule has 148 valence electrons. The lowest BCUT2D eigenvalue weighted by Gasteiger charge is -2.23. The molecule has 0 aliphatic heterocycles. The van der Waals surface area contributed by atoms with Crippen molar-refractivity contribution in [2.45, 2.75) is 49.9 Å². The average molecular weight is 413 g/mol. The number of carbonyl (C=O) groups excluding carboxylic acids is 1. The Labute approximate surface area is 170 Å². The summed E-state index contributed by atoms with van der Waals surface area (Å²) >= 11 is 1.30. The maximum atomic E-state index is 13.9. The summed E-state index contributed by atoms with van der Waals surface area (Å²) in [4.78, 5) is 13.1. The van der Waals surface area contributed by atoms with Crippen molar-refractivity contribution >= 4 is 22.4 Å². The minimum absolute atomic E-state index is 0.125.